The van der Waals surface area contributed by atoms with Crippen molar-refractivity contribution in [2.24, 2.45) is 0 Å². The molecule has 4 amide bonds. The number of hydrogen-bond acceptors (Lipinski definition) is 8. The molecule has 0 unspecified atom stereocenters. The average molecular weight is 634 g/mol. The summed E-state index contributed by atoms with van der Waals surface area (Å²) in [6.07, 6.45) is 1.52. The van der Waals surface area contributed by atoms with E-state index in [-0.39, 0.29) is 49.7 Å². The second kappa shape index (κ2) is 15.4. The molecule has 3 heterocycles. The molecule has 3 aromatic rings. The maximum atomic E-state index is 13.4. The number of fused-ring (bicyclic) bond motifs is 5. The highest BCUT2D eigenvalue weighted by atomic mass is 16.5. The van der Waals surface area contributed by atoms with Gasteiger partial charge in [0.05, 0.1) is 25.4 Å². The summed E-state index contributed by atoms with van der Waals surface area (Å²) in [6, 6.07) is 14.5. The molecule has 13 heteroatoms. The summed E-state index contributed by atoms with van der Waals surface area (Å²) in [6.45, 7) is 4.18. The molecule has 46 heavy (non-hydrogen) atoms. The van der Waals surface area contributed by atoms with Gasteiger partial charge in [-0.25, -0.2) is 4.79 Å². The standard InChI is InChI=1S/C33H39N5O8/c1-3-37-11-7-23(18-30(37)39)32(41)38-12-8-28-29(20-38)45-21-22-5-4-6-25(15-22)46-27-17-24(16-26(19-27)44-14-13-43-2)31(40)34-9-10-35-33(42)36-28/h4-7,11,15-19,28-29H,3,8-10,12-14,20-21H2,1-2H3,(H,34,40)(H2,35,36,42)/t28-,29-/m0/s1. The van der Waals surface area contributed by atoms with Gasteiger partial charge in [-0.15, -0.1) is 0 Å². The summed E-state index contributed by atoms with van der Waals surface area (Å²) in [7, 11) is 1.58. The number of hydrogen-bond donors (Lipinski definition) is 3. The number of urea groups is 1. The average Bonchev–Trinajstić information content (AvgIpc) is 3.05. The van der Waals surface area contributed by atoms with Gasteiger partial charge < -0.3 is 44.4 Å². The van der Waals surface area contributed by atoms with Crippen LogP contribution in [0, 0.1) is 0 Å². The molecule has 1 fully saturated rings. The van der Waals surface area contributed by atoms with Crippen LogP contribution >= 0.6 is 0 Å². The number of pyridine rings is 1. The van der Waals surface area contributed by atoms with E-state index in [0.717, 1.165) is 5.56 Å². The van der Waals surface area contributed by atoms with Crippen LogP contribution < -0.4 is 31.0 Å². The normalized spacial score (nSPS) is 18.9. The molecule has 0 spiro atoms. The number of aromatic nitrogens is 1. The smallest absolute Gasteiger partial charge is 0.315 e. The number of ether oxygens (including phenoxy) is 4. The molecule has 2 aromatic carbocycles. The van der Waals surface area contributed by atoms with Gasteiger partial charge in [-0.05, 0) is 49.2 Å². The molecule has 2 aliphatic rings. The van der Waals surface area contributed by atoms with E-state index in [1.807, 2.05) is 25.1 Å². The number of aryl methyl sites for hydroxylation is 1. The zero-order chi connectivity index (χ0) is 32.5. The molecule has 244 valence electrons. The van der Waals surface area contributed by atoms with Crippen LogP contribution in [0.2, 0.25) is 0 Å². The second-order valence-corrected chi connectivity index (χ2v) is 11.0. The van der Waals surface area contributed by atoms with Gasteiger partial charge >= 0.3 is 6.03 Å². The number of rotatable bonds is 6. The summed E-state index contributed by atoms with van der Waals surface area (Å²) >= 11 is 0. The van der Waals surface area contributed by atoms with Crippen LogP contribution in [0.3, 0.4) is 0 Å². The Balaban J connectivity index is 1.36. The van der Waals surface area contributed by atoms with Crippen LogP contribution in [0.25, 0.3) is 0 Å². The van der Waals surface area contributed by atoms with Crippen LogP contribution in [0.1, 0.15) is 39.6 Å². The quantitative estimate of drug-likeness (QED) is 0.351. The minimum Gasteiger partial charge on any atom is -0.491 e. The van der Waals surface area contributed by atoms with Gasteiger partial charge in [0.15, 0.2) is 0 Å². The maximum absolute atomic E-state index is 13.4. The molecule has 1 saturated heterocycles. The third-order valence-corrected chi connectivity index (χ3v) is 7.74. The van der Waals surface area contributed by atoms with Gasteiger partial charge in [-0.2, -0.15) is 0 Å². The van der Waals surface area contributed by atoms with Crippen LogP contribution in [0.5, 0.6) is 17.2 Å². The molecule has 1 aromatic heterocycles. The largest absolute Gasteiger partial charge is 0.491 e. The number of benzene rings is 2. The number of carbonyl (C=O) groups is 3. The minimum absolute atomic E-state index is 0.182. The molecule has 0 radical (unpaired) electrons. The molecule has 0 saturated carbocycles. The lowest BCUT2D eigenvalue weighted by molar-refractivity contribution is -0.0235. The zero-order valence-electron chi connectivity index (χ0n) is 26.0. The summed E-state index contributed by atoms with van der Waals surface area (Å²) in [5, 5.41) is 8.55. The summed E-state index contributed by atoms with van der Waals surface area (Å²) in [4.78, 5) is 53.2. The highest BCUT2D eigenvalue weighted by Crippen LogP contribution is 2.29. The van der Waals surface area contributed by atoms with Gasteiger partial charge in [0.25, 0.3) is 17.4 Å². The van der Waals surface area contributed by atoms with Crippen molar-refractivity contribution in [2.75, 3.05) is 46.5 Å². The first-order valence-electron chi connectivity index (χ1n) is 15.3. The first kappa shape index (κ1) is 32.5. The van der Waals surface area contributed by atoms with Gasteiger partial charge in [0.2, 0.25) is 0 Å². The highest BCUT2D eigenvalue weighted by molar-refractivity contribution is 5.95. The third kappa shape index (κ3) is 8.43. The lowest BCUT2D eigenvalue weighted by atomic mass is 10.0. The van der Waals surface area contributed by atoms with Gasteiger partial charge in [0, 0.05) is 69.3 Å². The Kier molecular flexibility index (Phi) is 10.9. The Bertz CT molecular complexity index is 1610. The Labute approximate surface area is 266 Å². The lowest BCUT2D eigenvalue weighted by Crippen LogP contribution is -2.58. The lowest BCUT2D eigenvalue weighted by Gasteiger charge is -2.38. The fourth-order valence-corrected chi connectivity index (χ4v) is 5.32. The van der Waals surface area contributed by atoms with E-state index >= 15 is 0 Å². The van der Waals surface area contributed by atoms with E-state index < -0.39 is 12.1 Å². The van der Waals surface area contributed by atoms with E-state index in [2.05, 4.69) is 16.0 Å². The molecular formula is C33H39N5O8. The van der Waals surface area contributed by atoms with Crippen molar-refractivity contribution in [2.45, 2.75) is 38.6 Å². The van der Waals surface area contributed by atoms with Crippen molar-refractivity contribution >= 4 is 17.8 Å². The van der Waals surface area contributed by atoms with E-state index in [1.54, 1.807) is 48.5 Å². The van der Waals surface area contributed by atoms with Crippen LogP contribution in [-0.4, -0.2) is 86.0 Å². The van der Waals surface area contributed by atoms with Crippen LogP contribution in [0.4, 0.5) is 4.79 Å². The molecule has 5 rings (SSSR count). The molecule has 2 aliphatic heterocycles. The minimum atomic E-state index is -0.536. The maximum Gasteiger partial charge on any atom is 0.315 e. The fraction of sp³-hybridized carbons (Fsp3) is 0.394. The molecule has 3 N–H and O–H groups in total. The first-order valence-corrected chi connectivity index (χ1v) is 15.3. The summed E-state index contributed by atoms with van der Waals surface area (Å²) in [5.41, 5.74) is 1.21. The van der Waals surface area contributed by atoms with Crippen molar-refractivity contribution in [1.82, 2.24) is 25.4 Å². The number of nitrogens with one attached hydrogen (secondary N) is 3. The predicted octanol–water partition coefficient (Wildman–Crippen LogP) is 2.53. The van der Waals surface area contributed by atoms with Crippen molar-refractivity contribution in [1.29, 1.82) is 0 Å². The van der Waals surface area contributed by atoms with Crippen LogP contribution in [0.15, 0.2) is 65.6 Å². The number of methoxy groups -OCH3 is 1. The second-order valence-electron chi connectivity index (χ2n) is 11.0. The number of carbonyl (C=O) groups excluding carboxylic acids is 3. The van der Waals surface area contributed by atoms with Crippen molar-refractivity contribution in [3.05, 3.63) is 87.8 Å². The number of piperidine rings is 1. The first-order chi connectivity index (χ1) is 22.3. The monoisotopic (exact) mass is 633 g/mol. The number of amides is 4. The molecule has 2 atom stereocenters. The SMILES string of the molecule is CCn1ccc(C(=O)N2CC[C@@H]3NC(=O)NCCNC(=O)c4cc(OCCOC)cc(c4)Oc4cccc(c4)CO[C@H]3C2)cc1=O. The summed E-state index contributed by atoms with van der Waals surface area (Å²) < 4.78 is 24.8. The Hall–Kier alpha value is -4.88. The van der Waals surface area contributed by atoms with E-state index in [1.165, 1.54) is 10.6 Å². The molecule has 0 aliphatic carbocycles. The predicted molar refractivity (Wildman–Crippen MR) is 168 cm³/mol. The van der Waals surface area contributed by atoms with Crippen molar-refractivity contribution in [3.63, 3.8) is 0 Å². The van der Waals surface area contributed by atoms with E-state index in [9.17, 15) is 19.2 Å². The van der Waals surface area contributed by atoms with Gasteiger partial charge in [0.1, 0.15) is 23.9 Å². The fourth-order valence-electron chi connectivity index (χ4n) is 5.32. The van der Waals surface area contributed by atoms with Crippen molar-refractivity contribution in [3.8, 4) is 17.2 Å². The topological polar surface area (TPSA) is 149 Å². The Morgan fingerprint density at radius 1 is 1.00 bits per heavy atom. The Morgan fingerprint density at radius 3 is 2.65 bits per heavy atom. The molecular weight excluding hydrogens is 594 g/mol. The number of likely N-dealkylation sites (tertiary alicyclic amines) is 1. The zero-order valence-corrected chi connectivity index (χ0v) is 26.0. The molecule has 13 nitrogen and oxygen atoms in total. The van der Waals surface area contributed by atoms with Gasteiger partial charge in [-0.1, -0.05) is 12.1 Å². The van der Waals surface area contributed by atoms with E-state index in [0.29, 0.717) is 61.1 Å². The van der Waals surface area contributed by atoms with Crippen LogP contribution in [-0.2, 0) is 22.6 Å². The molecule has 4 bridgehead atoms. The highest BCUT2D eigenvalue weighted by Gasteiger charge is 2.34. The Morgan fingerprint density at radius 2 is 1.85 bits per heavy atom. The van der Waals surface area contributed by atoms with E-state index in [4.69, 9.17) is 18.9 Å². The van der Waals surface area contributed by atoms with Gasteiger partial charge in [-0.3, -0.25) is 14.4 Å². The summed E-state index contributed by atoms with van der Waals surface area (Å²) in [5.74, 6) is 0.755. The number of nitrogens with zero attached hydrogens (tertiary/aromatic N) is 2. The van der Waals surface area contributed by atoms with Crippen molar-refractivity contribution < 1.29 is 33.3 Å². The third-order valence-electron chi connectivity index (χ3n) is 7.74.